The molecule has 1 amide bonds. The molecule has 1 fully saturated rings. The molecule has 3 heteroatoms. The Morgan fingerprint density at radius 3 is 2.81 bits per heavy atom. The zero-order valence-electron chi connectivity index (χ0n) is 11.1. The normalized spacial score (nSPS) is 23.1. The lowest BCUT2D eigenvalue weighted by atomic mass is 9.81. The fraction of sp³-hybridized carbons (Fsp3) is 0.923. The third kappa shape index (κ3) is 4.12. The molecule has 0 aromatic heterocycles. The second kappa shape index (κ2) is 5.67. The molecule has 94 valence electrons. The lowest BCUT2D eigenvalue weighted by molar-refractivity contribution is -0.121. The first-order valence-electron chi connectivity index (χ1n) is 6.42. The Balaban J connectivity index is 2.39. The van der Waals surface area contributed by atoms with E-state index < -0.39 is 0 Å². The van der Waals surface area contributed by atoms with Gasteiger partial charge in [0.2, 0.25) is 5.91 Å². The molecule has 3 nitrogen and oxygen atoms in total. The van der Waals surface area contributed by atoms with Crippen molar-refractivity contribution >= 4 is 5.91 Å². The summed E-state index contributed by atoms with van der Waals surface area (Å²) in [7, 11) is 0. The van der Waals surface area contributed by atoms with Crippen LogP contribution in [-0.4, -0.2) is 25.0 Å². The van der Waals surface area contributed by atoms with Gasteiger partial charge < -0.3 is 10.6 Å². The number of hydrogen-bond acceptors (Lipinski definition) is 2. The zero-order chi connectivity index (χ0) is 12.2. The molecule has 1 rings (SSSR count). The number of amides is 1. The van der Waals surface area contributed by atoms with Gasteiger partial charge in [-0.05, 0) is 24.2 Å². The Hall–Kier alpha value is -0.570. The van der Waals surface area contributed by atoms with Crippen LogP contribution in [0.25, 0.3) is 0 Å². The fourth-order valence-electron chi connectivity index (χ4n) is 1.76. The van der Waals surface area contributed by atoms with Crippen molar-refractivity contribution in [2.24, 2.45) is 11.3 Å². The first-order valence-corrected chi connectivity index (χ1v) is 6.42. The first kappa shape index (κ1) is 13.5. The molecule has 1 unspecified atom stereocenters. The summed E-state index contributed by atoms with van der Waals surface area (Å²) in [6, 6.07) is 0.362. The van der Waals surface area contributed by atoms with Crippen molar-refractivity contribution in [2.75, 3.05) is 13.1 Å². The summed E-state index contributed by atoms with van der Waals surface area (Å²) >= 11 is 0. The van der Waals surface area contributed by atoms with E-state index in [0.29, 0.717) is 23.8 Å². The SMILES string of the molecule is CC(C)C(C)(C)CNC1CCCNC(=O)C1. The van der Waals surface area contributed by atoms with Gasteiger partial charge in [0, 0.05) is 25.6 Å². The fourth-order valence-corrected chi connectivity index (χ4v) is 1.76. The molecule has 1 atom stereocenters. The molecule has 1 aliphatic rings. The highest BCUT2D eigenvalue weighted by molar-refractivity contribution is 5.76. The number of rotatable bonds is 4. The molecule has 0 aromatic carbocycles. The van der Waals surface area contributed by atoms with Crippen molar-refractivity contribution in [3.63, 3.8) is 0 Å². The molecule has 0 spiro atoms. The third-order valence-electron chi connectivity index (χ3n) is 3.89. The van der Waals surface area contributed by atoms with E-state index in [0.717, 1.165) is 25.9 Å². The van der Waals surface area contributed by atoms with Crippen LogP contribution in [0.1, 0.15) is 47.0 Å². The lowest BCUT2D eigenvalue weighted by Gasteiger charge is -2.31. The quantitative estimate of drug-likeness (QED) is 0.769. The summed E-state index contributed by atoms with van der Waals surface area (Å²) in [5.74, 6) is 0.844. The van der Waals surface area contributed by atoms with Crippen LogP contribution in [-0.2, 0) is 4.79 Å². The molecule has 2 N–H and O–H groups in total. The largest absolute Gasteiger partial charge is 0.356 e. The molecular weight excluding hydrogens is 200 g/mol. The van der Waals surface area contributed by atoms with E-state index in [9.17, 15) is 4.79 Å². The summed E-state index contributed by atoms with van der Waals surface area (Å²) in [6.45, 7) is 10.9. The Bertz CT molecular complexity index is 236. The minimum atomic E-state index is 0.192. The lowest BCUT2D eigenvalue weighted by Crippen LogP contribution is -2.40. The van der Waals surface area contributed by atoms with Gasteiger partial charge in [-0.3, -0.25) is 4.79 Å². The maximum atomic E-state index is 11.4. The second-order valence-corrected chi connectivity index (χ2v) is 5.92. The molecule has 0 bridgehead atoms. The van der Waals surface area contributed by atoms with Gasteiger partial charge in [0.15, 0.2) is 0 Å². The Kier molecular flexibility index (Phi) is 4.78. The topological polar surface area (TPSA) is 41.1 Å². The van der Waals surface area contributed by atoms with Gasteiger partial charge >= 0.3 is 0 Å². The summed E-state index contributed by atoms with van der Waals surface area (Å²) in [5, 5.41) is 6.47. The van der Waals surface area contributed by atoms with Crippen molar-refractivity contribution in [3.05, 3.63) is 0 Å². The van der Waals surface area contributed by atoms with Crippen molar-refractivity contribution in [1.82, 2.24) is 10.6 Å². The van der Waals surface area contributed by atoms with Crippen LogP contribution in [0.3, 0.4) is 0 Å². The standard InChI is InChI=1S/C13H26N2O/c1-10(2)13(3,4)9-15-11-6-5-7-14-12(16)8-11/h10-11,15H,5-9H2,1-4H3,(H,14,16). The maximum absolute atomic E-state index is 11.4. The number of nitrogens with one attached hydrogen (secondary N) is 2. The molecule has 0 aromatic rings. The van der Waals surface area contributed by atoms with Crippen molar-refractivity contribution < 1.29 is 4.79 Å². The molecule has 1 saturated heterocycles. The average molecular weight is 226 g/mol. The van der Waals surface area contributed by atoms with Crippen LogP contribution in [0, 0.1) is 11.3 Å². The smallest absolute Gasteiger partial charge is 0.221 e. The van der Waals surface area contributed by atoms with E-state index in [1.165, 1.54) is 0 Å². The van der Waals surface area contributed by atoms with Crippen LogP contribution in [0.15, 0.2) is 0 Å². The minimum absolute atomic E-state index is 0.192. The highest BCUT2D eigenvalue weighted by Gasteiger charge is 2.24. The summed E-state index contributed by atoms with van der Waals surface area (Å²) in [5.41, 5.74) is 0.294. The van der Waals surface area contributed by atoms with Gasteiger partial charge in [-0.2, -0.15) is 0 Å². The summed E-state index contributed by atoms with van der Waals surface area (Å²) < 4.78 is 0. The number of carbonyl (C=O) groups excluding carboxylic acids is 1. The molecule has 0 saturated carbocycles. The Labute approximate surface area is 99.4 Å². The van der Waals surface area contributed by atoms with E-state index in [1.807, 2.05) is 0 Å². The molecule has 16 heavy (non-hydrogen) atoms. The van der Waals surface area contributed by atoms with Crippen LogP contribution in [0.5, 0.6) is 0 Å². The van der Waals surface area contributed by atoms with E-state index in [2.05, 4.69) is 38.3 Å². The van der Waals surface area contributed by atoms with Crippen molar-refractivity contribution in [3.8, 4) is 0 Å². The molecule has 0 aliphatic carbocycles. The van der Waals surface area contributed by atoms with E-state index in [1.54, 1.807) is 0 Å². The second-order valence-electron chi connectivity index (χ2n) is 5.92. The number of hydrogen-bond donors (Lipinski definition) is 2. The third-order valence-corrected chi connectivity index (χ3v) is 3.89. The summed E-state index contributed by atoms with van der Waals surface area (Å²) in [6.07, 6.45) is 2.83. The van der Waals surface area contributed by atoms with E-state index in [-0.39, 0.29) is 5.91 Å². The van der Waals surface area contributed by atoms with Crippen LogP contribution < -0.4 is 10.6 Å². The Morgan fingerprint density at radius 2 is 2.19 bits per heavy atom. The Morgan fingerprint density at radius 1 is 1.50 bits per heavy atom. The van der Waals surface area contributed by atoms with Crippen molar-refractivity contribution in [2.45, 2.75) is 53.0 Å². The number of carbonyl (C=O) groups is 1. The van der Waals surface area contributed by atoms with E-state index >= 15 is 0 Å². The minimum Gasteiger partial charge on any atom is -0.356 e. The first-order chi connectivity index (χ1) is 7.42. The maximum Gasteiger partial charge on any atom is 0.221 e. The van der Waals surface area contributed by atoms with Gasteiger partial charge in [-0.25, -0.2) is 0 Å². The monoisotopic (exact) mass is 226 g/mol. The predicted octanol–water partition coefficient (Wildman–Crippen LogP) is 1.93. The van der Waals surface area contributed by atoms with Gasteiger partial charge in [0.25, 0.3) is 0 Å². The zero-order valence-corrected chi connectivity index (χ0v) is 11.1. The van der Waals surface area contributed by atoms with Gasteiger partial charge in [-0.1, -0.05) is 27.7 Å². The molecule has 1 aliphatic heterocycles. The average Bonchev–Trinajstić information content (AvgIpc) is 2.39. The van der Waals surface area contributed by atoms with Crippen molar-refractivity contribution in [1.29, 1.82) is 0 Å². The summed E-state index contributed by atoms with van der Waals surface area (Å²) in [4.78, 5) is 11.4. The highest BCUT2D eigenvalue weighted by atomic mass is 16.1. The van der Waals surface area contributed by atoms with Gasteiger partial charge in [-0.15, -0.1) is 0 Å². The molecule has 0 radical (unpaired) electrons. The van der Waals surface area contributed by atoms with E-state index in [4.69, 9.17) is 0 Å². The molecular formula is C13H26N2O. The molecule has 1 heterocycles. The van der Waals surface area contributed by atoms with Crippen LogP contribution in [0.4, 0.5) is 0 Å². The van der Waals surface area contributed by atoms with Crippen LogP contribution >= 0.6 is 0 Å². The van der Waals surface area contributed by atoms with Gasteiger partial charge in [0.05, 0.1) is 0 Å². The van der Waals surface area contributed by atoms with Crippen LogP contribution in [0.2, 0.25) is 0 Å². The highest BCUT2D eigenvalue weighted by Crippen LogP contribution is 2.25. The van der Waals surface area contributed by atoms with Gasteiger partial charge in [0.1, 0.15) is 0 Å². The predicted molar refractivity (Wildman–Crippen MR) is 67.3 cm³/mol.